The summed E-state index contributed by atoms with van der Waals surface area (Å²) in [6.45, 7) is -1.13. The second-order valence-corrected chi connectivity index (χ2v) is 10.1. The highest BCUT2D eigenvalue weighted by atomic mass is 31.2. The van der Waals surface area contributed by atoms with E-state index in [0.717, 1.165) is 12.1 Å². The molecule has 1 atom stereocenters. The van der Waals surface area contributed by atoms with Gasteiger partial charge in [0.05, 0.1) is 35.1 Å². The van der Waals surface area contributed by atoms with Crippen molar-refractivity contribution in [3.05, 3.63) is 82.0 Å². The van der Waals surface area contributed by atoms with Gasteiger partial charge in [-0.15, -0.1) is 0 Å². The summed E-state index contributed by atoms with van der Waals surface area (Å²) in [5.74, 6) is 0.401. The number of nitrogens with two attached hydrogens (primary N) is 1. The van der Waals surface area contributed by atoms with Crippen LogP contribution in [0, 0.1) is 0 Å². The van der Waals surface area contributed by atoms with Crippen molar-refractivity contribution in [1.82, 2.24) is 0 Å². The van der Waals surface area contributed by atoms with Gasteiger partial charge in [0.1, 0.15) is 22.7 Å². The van der Waals surface area contributed by atoms with E-state index in [1.165, 1.54) is 30.3 Å². The number of aliphatic hydroxyl groups is 1. The molecule has 0 aliphatic heterocycles. The molecule has 0 fully saturated rings. The van der Waals surface area contributed by atoms with Crippen molar-refractivity contribution >= 4 is 29.8 Å². The van der Waals surface area contributed by atoms with Crippen LogP contribution in [0.15, 0.2) is 69.9 Å². The Morgan fingerprint density at radius 3 is 2.24 bits per heavy atom. The predicted octanol–water partition coefficient (Wildman–Crippen LogP) is 4.49. The number of alkyl halides is 3. The molecule has 1 heterocycles. The van der Waals surface area contributed by atoms with Crippen LogP contribution in [0.1, 0.15) is 17.5 Å². The van der Waals surface area contributed by atoms with E-state index < -0.39 is 38.3 Å². The van der Waals surface area contributed by atoms with E-state index in [9.17, 15) is 27.6 Å². The number of phosphoric acid groups is 1. The van der Waals surface area contributed by atoms with Crippen LogP contribution in [0.2, 0.25) is 0 Å². The van der Waals surface area contributed by atoms with Gasteiger partial charge in [0.25, 0.3) is 0 Å². The van der Waals surface area contributed by atoms with Gasteiger partial charge in [-0.25, -0.2) is 4.57 Å². The third-order valence-electron chi connectivity index (χ3n) is 5.87. The van der Waals surface area contributed by atoms with Crippen molar-refractivity contribution in [2.75, 3.05) is 13.2 Å². The molecule has 0 amide bonds. The highest BCUT2D eigenvalue weighted by molar-refractivity contribution is 7.46. The van der Waals surface area contributed by atoms with Gasteiger partial charge < -0.3 is 29.8 Å². The lowest BCUT2D eigenvalue weighted by Gasteiger charge is -2.27. The van der Waals surface area contributed by atoms with Crippen molar-refractivity contribution in [3.63, 3.8) is 0 Å². The standard InChI is InChI=1S/C25H23F3NO8P/c26-25(27,28)16-2-4-17(5-3-16)36-18-6-8-21-20(12-18)23(31)19-7-1-15(11-22(19)37-21)9-10-24(29,13-30)14-35-38(32,33)34/h1-8,11-12,30H,9-10,13-14,29H2,(H2,32,33,34). The van der Waals surface area contributed by atoms with E-state index in [0.29, 0.717) is 12.0 Å². The number of phosphoric ester groups is 1. The minimum Gasteiger partial charge on any atom is -0.457 e. The summed E-state index contributed by atoms with van der Waals surface area (Å²) in [4.78, 5) is 30.9. The van der Waals surface area contributed by atoms with Gasteiger partial charge >= 0.3 is 14.0 Å². The number of hydrogen-bond acceptors (Lipinski definition) is 7. The van der Waals surface area contributed by atoms with Gasteiger partial charge in [-0.05, 0) is 73.0 Å². The minimum absolute atomic E-state index is 0.122. The fraction of sp³-hybridized carbons (Fsp3) is 0.240. The van der Waals surface area contributed by atoms with E-state index in [4.69, 9.17) is 24.7 Å². The van der Waals surface area contributed by atoms with Crippen LogP contribution in [0.3, 0.4) is 0 Å². The molecule has 202 valence electrons. The molecule has 9 nitrogen and oxygen atoms in total. The molecule has 0 saturated heterocycles. The lowest BCUT2D eigenvalue weighted by atomic mass is 9.93. The van der Waals surface area contributed by atoms with Gasteiger partial charge in [0.15, 0.2) is 0 Å². The van der Waals surface area contributed by atoms with Crippen molar-refractivity contribution < 1.29 is 46.3 Å². The van der Waals surface area contributed by atoms with Crippen molar-refractivity contribution in [2.45, 2.75) is 24.6 Å². The number of ether oxygens (including phenoxy) is 1. The molecule has 13 heteroatoms. The number of aryl methyl sites for hydroxylation is 1. The molecule has 1 unspecified atom stereocenters. The number of halogens is 3. The zero-order chi connectivity index (χ0) is 27.7. The van der Waals surface area contributed by atoms with Crippen LogP contribution in [0.5, 0.6) is 11.5 Å². The Bertz CT molecular complexity index is 1570. The Morgan fingerprint density at radius 1 is 0.921 bits per heavy atom. The first-order valence-corrected chi connectivity index (χ1v) is 12.7. The number of aliphatic hydroxyl groups excluding tert-OH is 1. The first kappa shape index (κ1) is 27.8. The zero-order valence-electron chi connectivity index (χ0n) is 19.6. The average molecular weight is 553 g/mol. The highest BCUT2D eigenvalue weighted by Gasteiger charge is 2.30. The summed E-state index contributed by atoms with van der Waals surface area (Å²) in [6, 6.07) is 13.5. The number of benzene rings is 3. The summed E-state index contributed by atoms with van der Waals surface area (Å²) in [5, 5.41) is 10.1. The second-order valence-electron chi connectivity index (χ2n) is 8.83. The van der Waals surface area contributed by atoms with Crippen LogP contribution in [0.4, 0.5) is 13.2 Å². The monoisotopic (exact) mass is 553 g/mol. The van der Waals surface area contributed by atoms with Crippen LogP contribution < -0.4 is 15.9 Å². The van der Waals surface area contributed by atoms with E-state index in [1.807, 2.05) is 0 Å². The Hall–Kier alpha value is -3.25. The molecule has 0 spiro atoms. The number of hydrogen-bond donors (Lipinski definition) is 4. The minimum atomic E-state index is -4.76. The Kier molecular flexibility index (Phi) is 7.67. The fourth-order valence-electron chi connectivity index (χ4n) is 3.75. The van der Waals surface area contributed by atoms with Gasteiger partial charge in [-0.3, -0.25) is 9.32 Å². The average Bonchev–Trinajstić information content (AvgIpc) is 2.86. The SMILES string of the molecule is NC(CO)(CCc1ccc2c(=O)c3cc(Oc4ccc(C(F)(F)F)cc4)ccc3oc2c1)COP(=O)(O)O. The smallest absolute Gasteiger partial charge is 0.457 e. The van der Waals surface area contributed by atoms with E-state index in [1.54, 1.807) is 18.2 Å². The molecule has 4 aromatic rings. The fourth-order valence-corrected chi connectivity index (χ4v) is 4.17. The van der Waals surface area contributed by atoms with Gasteiger partial charge in [0, 0.05) is 0 Å². The lowest BCUT2D eigenvalue weighted by molar-refractivity contribution is -0.137. The molecule has 0 aliphatic rings. The normalized spacial score (nSPS) is 14.1. The first-order chi connectivity index (χ1) is 17.8. The molecular weight excluding hydrogens is 530 g/mol. The molecule has 0 radical (unpaired) electrons. The number of rotatable bonds is 9. The lowest BCUT2D eigenvalue weighted by Crippen LogP contribution is -2.48. The molecule has 38 heavy (non-hydrogen) atoms. The maximum Gasteiger partial charge on any atom is 0.469 e. The molecule has 0 saturated carbocycles. The topological polar surface area (TPSA) is 152 Å². The van der Waals surface area contributed by atoms with E-state index in [2.05, 4.69) is 4.52 Å². The third-order valence-corrected chi connectivity index (χ3v) is 6.34. The quantitative estimate of drug-likeness (QED) is 0.174. The molecule has 0 bridgehead atoms. The maximum atomic E-state index is 13.1. The maximum absolute atomic E-state index is 13.1. The molecule has 3 aromatic carbocycles. The van der Waals surface area contributed by atoms with Crippen LogP contribution in [-0.4, -0.2) is 33.6 Å². The second kappa shape index (κ2) is 10.5. The largest absolute Gasteiger partial charge is 0.469 e. The number of fused-ring (bicyclic) bond motifs is 2. The van der Waals surface area contributed by atoms with E-state index in [-0.39, 0.29) is 45.3 Å². The van der Waals surface area contributed by atoms with Gasteiger partial charge in [-0.1, -0.05) is 6.07 Å². The predicted molar refractivity (Wildman–Crippen MR) is 132 cm³/mol. The van der Waals surface area contributed by atoms with Gasteiger partial charge in [0.2, 0.25) is 5.43 Å². The highest BCUT2D eigenvalue weighted by Crippen LogP contribution is 2.37. The first-order valence-electron chi connectivity index (χ1n) is 11.2. The summed E-state index contributed by atoms with van der Waals surface area (Å²) < 4.78 is 65.2. The molecule has 5 N–H and O–H groups in total. The van der Waals surface area contributed by atoms with Crippen molar-refractivity contribution in [2.24, 2.45) is 5.73 Å². The molecule has 4 rings (SSSR count). The third kappa shape index (κ3) is 6.60. The van der Waals surface area contributed by atoms with E-state index >= 15 is 0 Å². The summed E-state index contributed by atoms with van der Waals surface area (Å²) in [5.41, 5.74) is 4.70. The summed E-state index contributed by atoms with van der Waals surface area (Å²) in [6.07, 6.45) is -4.05. The van der Waals surface area contributed by atoms with Crippen LogP contribution in [0.25, 0.3) is 21.9 Å². The summed E-state index contributed by atoms with van der Waals surface area (Å²) in [7, 11) is -4.76. The Balaban J connectivity index is 1.55. The van der Waals surface area contributed by atoms with Crippen molar-refractivity contribution in [1.29, 1.82) is 0 Å². The van der Waals surface area contributed by atoms with Gasteiger partial charge in [-0.2, -0.15) is 13.2 Å². The van der Waals surface area contributed by atoms with Crippen LogP contribution in [-0.2, 0) is 21.7 Å². The Labute approximate surface area is 213 Å². The molecule has 0 aliphatic carbocycles. The Morgan fingerprint density at radius 2 is 1.61 bits per heavy atom. The van der Waals surface area contributed by atoms with Crippen molar-refractivity contribution in [3.8, 4) is 11.5 Å². The zero-order valence-corrected chi connectivity index (χ0v) is 20.5. The van der Waals surface area contributed by atoms with Crippen LogP contribution >= 0.6 is 7.82 Å². The molecular formula is C25H23F3NO8P. The summed E-state index contributed by atoms with van der Waals surface area (Å²) >= 11 is 0. The molecule has 1 aromatic heterocycles.